The van der Waals surface area contributed by atoms with E-state index < -0.39 is 17.4 Å². The molecule has 0 radical (unpaired) electrons. The summed E-state index contributed by atoms with van der Waals surface area (Å²) in [6.45, 7) is 0. The quantitative estimate of drug-likeness (QED) is 0.283. The van der Waals surface area contributed by atoms with Crippen LogP contribution in [0, 0.1) is 0 Å². The number of hydrogen-bond donors (Lipinski definition) is 3. The van der Waals surface area contributed by atoms with E-state index in [0.29, 0.717) is 16.6 Å². The highest BCUT2D eigenvalue weighted by atomic mass is 16.3. The third-order valence-electron chi connectivity index (χ3n) is 6.01. The Morgan fingerprint density at radius 1 is 1.03 bits per heavy atom. The Kier molecular flexibility index (Phi) is 6.27. The van der Waals surface area contributed by atoms with Crippen molar-refractivity contribution in [3.63, 3.8) is 0 Å². The van der Waals surface area contributed by atoms with Gasteiger partial charge in [-0.2, -0.15) is 0 Å². The van der Waals surface area contributed by atoms with Crippen molar-refractivity contribution in [3.8, 4) is 5.75 Å². The van der Waals surface area contributed by atoms with Crippen LogP contribution in [0.25, 0.3) is 10.9 Å². The van der Waals surface area contributed by atoms with Gasteiger partial charge in [0.2, 0.25) is 0 Å². The first-order chi connectivity index (χ1) is 16.3. The second kappa shape index (κ2) is 9.31. The highest BCUT2D eigenvalue weighted by Gasteiger charge is 2.25. The second-order valence-corrected chi connectivity index (χ2v) is 8.54. The van der Waals surface area contributed by atoms with Crippen molar-refractivity contribution in [2.24, 2.45) is 7.05 Å². The number of nitrogens with one attached hydrogen (secondary N) is 1. The molecule has 1 aromatic heterocycles. The summed E-state index contributed by atoms with van der Waals surface area (Å²) in [6, 6.07) is 21.7. The maximum atomic E-state index is 13.4. The van der Waals surface area contributed by atoms with Crippen molar-refractivity contribution in [1.29, 1.82) is 0 Å². The smallest absolute Gasteiger partial charge is 0.265 e. The predicted molar refractivity (Wildman–Crippen MR) is 138 cm³/mol. The third kappa shape index (κ3) is 4.45. The van der Waals surface area contributed by atoms with Gasteiger partial charge in [-0.1, -0.05) is 24.3 Å². The average Bonchev–Trinajstić information content (AvgIpc) is 2.84. The van der Waals surface area contributed by atoms with Crippen molar-refractivity contribution in [1.82, 2.24) is 4.57 Å². The third-order valence-corrected chi connectivity index (χ3v) is 6.01. The van der Waals surface area contributed by atoms with Gasteiger partial charge in [0, 0.05) is 50.0 Å². The first kappa shape index (κ1) is 22.9. The van der Waals surface area contributed by atoms with Crippen molar-refractivity contribution < 1.29 is 9.90 Å². The fraction of sp³-hybridized carbons (Fsp3) is 0.185. The molecule has 1 unspecified atom stereocenters. The van der Waals surface area contributed by atoms with Crippen molar-refractivity contribution in [3.05, 3.63) is 94.3 Å². The standard InChI is InChI=1S/C27H28N4O3/c1-30(2)20-14-8-17(9-15-20)22(29-19-12-10-18(28)11-13-19)16-24(32)25-26(33)21-6-4-5-7-23(21)31(3)27(25)34/h4-15,22,29,33H,16,28H2,1-3H3. The summed E-state index contributed by atoms with van der Waals surface area (Å²) in [5.74, 6) is -0.716. The SMILES string of the molecule is CN(C)c1ccc(C(CC(=O)c2c(O)c3ccccc3n(C)c2=O)Nc2ccc(N)cc2)cc1. The van der Waals surface area contributed by atoms with Gasteiger partial charge in [0.05, 0.1) is 11.6 Å². The first-order valence-electron chi connectivity index (χ1n) is 11.0. The minimum atomic E-state index is -0.518. The average molecular weight is 457 g/mol. The molecule has 7 nitrogen and oxygen atoms in total. The fourth-order valence-electron chi connectivity index (χ4n) is 4.06. The first-order valence-corrected chi connectivity index (χ1v) is 11.0. The number of hydrogen-bond acceptors (Lipinski definition) is 6. The van der Waals surface area contributed by atoms with Crippen LogP contribution in [-0.4, -0.2) is 29.6 Å². The number of nitrogens with zero attached hydrogens (tertiary/aromatic N) is 2. The van der Waals surface area contributed by atoms with Gasteiger partial charge < -0.3 is 25.6 Å². The Morgan fingerprint density at radius 2 is 1.68 bits per heavy atom. The molecule has 4 N–H and O–H groups in total. The van der Waals surface area contributed by atoms with Crippen LogP contribution < -0.4 is 21.5 Å². The number of carbonyl (C=O) groups excluding carboxylic acids is 1. The molecular weight excluding hydrogens is 428 g/mol. The molecule has 3 aromatic carbocycles. The van der Waals surface area contributed by atoms with Crippen LogP contribution in [0.15, 0.2) is 77.6 Å². The lowest BCUT2D eigenvalue weighted by atomic mass is 9.96. The van der Waals surface area contributed by atoms with E-state index in [2.05, 4.69) is 5.32 Å². The second-order valence-electron chi connectivity index (χ2n) is 8.54. The molecule has 0 spiro atoms. The van der Waals surface area contributed by atoms with Gasteiger partial charge in [-0.25, -0.2) is 0 Å². The Labute approximate surface area is 198 Å². The van der Waals surface area contributed by atoms with Gasteiger partial charge in [-0.15, -0.1) is 0 Å². The number of pyridine rings is 1. The van der Waals surface area contributed by atoms with Crippen LogP contribution >= 0.6 is 0 Å². The van der Waals surface area contributed by atoms with Crippen LogP contribution in [0.4, 0.5) is 17.1 Å². The zero-order valence-corrected chi connectivity index (χ0v) is 19.4. The molecule has 34 heavy (non-hydrogen) atoms. The molecular formula is C27H28N4O3. The van der Waals surface area contributed by atoms with Gasteiger partial charge in [0.25, 0.3) is 5.56 Å². The fourth-order valence-corrected chi connectivity index (χ4v) is 4.06. The van der Waals surface area contributed by atoms with E-state index in [4.69, 9.17) is 5.73 Å². The summed E-state index contributed by atoms with van der Waals surface area (Å²) in [5.41, 5.74) is 9.00. The number of para-hydroxylation sites is 1. The van der Waals surface area contributed by atoms with Crippen LogP contribution in [-0.2, 0) is 7.05 Å². The molecule has 0 saturated heterocycles. The number of aryl methyl sites for hydroxylation is 1. The van der Waals surface area contributed by atoms with E-state index >= 15 is 0 Å². The number of carbonyl (C=O) groups is 1. The summed E-state index contributed by atoms with van der Waals surface area (Å²) < 4.78 is 1.40. The van der Waals surface area contributed by atoms with Gasteiger partial charge in [0.15, 0.2) is 5.78 Å². The molecule has 7 heteroatoms. The van der Waals surface area contributed by atoms with Crippen molar-refractivity contribution in [2.75, 3.05) is 30.0 Å². The van der Waals surface area contributed by atoms with E-state index in [9.17, 15) is 14.7 Å². The zero-order chi connectivity index (χ0) is 24.4. The number of nitrogens with two attached hydrogens (primary N) is 1. The molecule has 0 bridgehead atoms. The number of Topliss-reactive ketones (excluding diaryl/α,β-unsaturated/α-hetero) is 1. The summed E-state index contributed by atoms with van der Waals surface area (Å²) in [5, 5.41) is 14.7. The Morgan fingerprint density at radius 3 is 2.32 bits per heavy atom. The molecule has 4 aromatic rings. The monoisotopic (exact) mass is 456 g/mol. The van der Waals surface area contributed by atoms with Crippen molar-refractivity contribution in [2.45, 2.75) is 12.5 Å². The summed E-state index contributed by atoms with van der Waals surface area (Å²) >= 11 is 0. The van der Waals surface area contributed by atoms with E-state index in [0.717, 1.165) is 16.9 Å². The predicted octanol–water partition coefficient (Wildman–Crippen LogP) is 4.32. The van der Waals surface area contributed by atoms with E-state index in [1.165, 1.54) is 4.57 Å². The summed E-state index contributed by atoms with van der Waals surface area (Å²) in [7, 11) is 5.52. The van der Waals surface area contributed by atoms with E-state index in [-0.39, 0.29) is 17.7 Å². The van der Waals surface area contributed by atoms with Crippen LogP contribution in [0.3, 0.4) is 0 Å². The lowest BCUT2D eigenvalue weighted by molar-refractivity contribution is 0.0972. The normalized spacial score (nSPS) is 11.9. The molecule has 0 aliphatic carbocycles. The summed E-state index contributed by atoms with van der Waals surface area (Å²) in [6.07, 6.45) is -0.0210. The number of ketones is 1. The Hall–Kier alpha value is -4.26. The van der Waals surface area contributed by atoms with Crippen molar-refractivity contribution >= 4 is 33.7 Å². The number of aromatic nitrogens is 1. The largest absolute Gasteiger partial charge is 0.506 e. The lowest BCUT2D eigenvalue weighted by Gasteiger charge is -2.22. The van der Waals surface area contributed by atoms with E-state index in [1.54, 1.807) is 43.4 Å². The molecule has 4 rings (SSSR count). The van der Waals surface area contributed by atoms with E-state index in [1.807, 2.05) is 55.4 Å². The number of rotatable bonds is 7. The molecule has 0 aliphatic rings. The number of nitrogen functional groups attached to an aromatic ring is 1. The van der Waals surface area contributed by atoms with Crippen LogP contribution in [0.2, 0.25) is 0 Å². The Balaban J connectivity index is 1.73. The number of fused-ring (bicyclic) bond motifs is 1. The summed E-state index contributed by atoms with van der Waals surface area (Å²) in [4.78, 5) is 28.5. The minimum absolute atomic E-state index is 0.0210. The molecule has 0 aliphatic heterocycles. The minimum Gasteiger partial charge on any atom is -0.506 e. The Bertz CT molecular complexity index is 1390. The zero-order valence-electron chi connectivity index (χ0n) is 19.4. The van der Waals surface area contributed by atoms with Gasteiger partial charge >= 0.3 is 0 Å². The number of anilines is 3. The number of aromatic hydroxyl groups is 1. The van der Waals surface area contributed by atoms with Crippen LogP contribution in [0.1, 0.15) is 28.4 Å². The highest BCUT2D eigenvalue weighted by molar-refractivity contribution is 6.03. The molecule has 0 fully saturated rings. The lowest BCUT2D eigenvalue weighted by Crippen LogP contribution is -2.26. The number of benzene rings is 3. The molecule has 1 heterocycles. The van der Waals surface area contributed by atoms with Gasteiger partial charge in [0.1, 0.15) is 11.3 Å². The maximum Gasteiger partial charge on any atom is 0.265 e. The van der Waals surface area contributed by atoms with Gasteiger partial charge in [-0.3, -0.25) is 9.59 Å². The molecule has 0 saturated carbocycles. The van der Waals surface area contributed by atoms with Crippen LogP contribution in [0.5, 0.6) is 5.75 Å². The van der Waals surface area contributed by atoms with Gasteiger partial charge in [-0.05, 0) is 54.1 Å². The highest BCUT2D eigenvalue weighted by Crippen LogP contribution is 2.30. The molecule has 0 amide bonds. The maximum absolute atomic E-state index is 13.4. The topological polar surface area (TPSA) is 101 Å². The molecule has 1 atom stereocenters. The molecule has 174 valence electrons.